The molecule has 0 bridgehead atoms. The molecule has 0 aliphatic heterocycles. The number of rotatable bonds is 4. The van der Waals surface area contributed by atoms with Crippen LogP contribution in [0.3, 0.4) is 0 Å². The molecule has 0 spiro atoms. The molecule has 120 valence electrons. The van der Waals surface area contributed by atoms with Gasteiger partial charge in [0.15, 0.2) is 6.29 Å². The molecule has 2 nitrogen and oxygen atoms in total. The Bertz CT molecular complexity index is 516. The highest BCUT2D eigenvalue weighted by Gasteiger charge is 2.37. The molecule has 1 fully saturated rings. The Morgan fingerprint density at radius 3 is 2.64 bits per heavy atom. The number of aliphatic hydroxyl groups is 1. The van der Waals surface area contributed by atoms with Gasteiger partial charge in [0.05, 0.1) is 6.10 Å². The number of benzene rings is 1. The Morgan fingerprint density at radius 1 is 1.18 bits per heavy atom. The summed E-state index contributed by atoms with van der Waals surface area (Å²) in [6, 6.07) is 8.58. The van der Waals surface area contributed by atoms with Gasteiger partial charge in [-0.25, -0.2) is 0 Å². The summed E-state index contributed by atoms with van der Waals surface area (Å²) in [6.07, 6.45) is 8.17. The zero-order valence-electron chi connectivity index (χ0n) is 13.6. The number of ether oxygens (including phenoxy) is 1. The molecule has 1 N–H and O–H groups in total. The molecule has 3 atom stereocenters. The molecule has 22 heavy (non-hydrogen) atoms. The number of aliphatic hydroxyl groups excluding tert-OH is 1. The molecule has 3 rings (SSSR count). The normalized spacial score (nSPS) is 27.2. The van der Waals surface area contributed by atoms with Crippen LogP contribution < -0.4 is 0 Å². The SMILES string of the molecule is C=C(C)C(O)OC1c2ccccc2CCC1C1CCCCC1. The van der Waals surface area contributed by atoms with E-state index in [9.17, 15) is 5.11 Å². The maximum Gasteiger partial charge on any atom is 0.177 e. The highest BCUT2D eigenvalue weighted by Crippen LogP contribution is 2.45. The van der Waals surface area contributed by atoms with Gasteiger partial charge in [-0.1, -0.05) is 62.9 Å². The fourth-order valence-electron chi connectivity index (χ4n) is 4.22. The topological polar surface area (TPSA) is 29.5 Å². The minimum atomic E-state index is -0.859. The van der Waals surface area contributed by atoms with Crippen LogP contribution in [0.15, 0.2) is 36.4 Å². The Hall–Kier alpha value is -1.12. The van der Waals surface area contributed by atoms with E-state index < -0.39 is 6.29 Å². The zero-order chi connectivity index (χ0) is 15.5. The van der Waals surface area contributed by atoms with Gasteiger partial charge in [0.2, 0.25) is 0 Å². The number of hydrogen-bond donors (Lipinski definition) is 1. The molecule has 0 aromatic heterocycles. The fourth-order valence-corrected chi connectivity index (χ4v) is 4.22. The number of fused-ring (bicyclic) bond motifs is 1. The van der Waals surface area contributed by atoms with Crippen molar-refractivity contribution < 1.29 is 9.84 Å². The van der Waals surface area contributed by atoms with Crippen molar-refractivity contribution >= 4 is 0 Å². The van der Waals surface area contributed by atoms with E-state index in [0.717, 1.165) is 12.3 Å². The molecular weight excluding hydrogens is 272 g/mol. The molecule has 2 aliphatic rings. The van der Waals surface area contributed by atoms with Gasteiger partial charge in [-0.05, 0) is 48.3 Å². The van der Waals surface area contributed by atoms with Gasteiger partial charge >= 0.3 is 0 Å². The summed E-state index contributed by atoms with van der Waals surface area (Å²) < 4.78 is 6.10. The first-order valence-electron chi connectivity index (χ1n) is 8.73. The van der Waals surface area contributed by atoms with Crippen LogP contribution in [0.25, 0.3) is 0 Å². The second-order valence-corrected chi connectivity index (χ2v) is 7.05. The smallest absolute Gasteiger partial charge is 0.177 e. The molecule has 1 aromatic carbocycles. The van der Waals surface area contributed by atoms with Crippen molar-refractivity contribution in [2.24, 2.45) is 11.8 Å². The third-order valence-corrected chi connectivity index (χ3v) is 5.45. The summed E-state index contributed by atoms with van der Waals surface area (Å²) in [5.41, 5.74) is 3.35. The van der Waals surface area contributed by atoms with E-state index in [0.29, 0.717) is 11.5 Å². The van der Waals surface area contributed by atoms with Gasteiger partial charge < -0.3 is 9.84 Å². The first kappa shape index (κ1) is 15.8. The molecule has 0 radical (unpaired) electrons. The average molecular weight is 300 g/mol. The van der Waals surface area contributed by atoms with Crippen LogP contribution in [0.1, 0.15) is 62.7 Å². The van der Waals surface area contributed by atoms with E-state index in [1.165, 1.54) is 49.7 Å². The van der Waals surface area contributed by atoms with E-state index in [1.54, 1.807) is 0 Å². The van der Waals surface area contributed by atoms with Crippen molar-refractivity contribution in [2.75, 3.05) is 0 Å². The first-order valence-corrected chi connectivity index (χ1v) is 8.73. The van der Waals surface area contributed by atoms with Crippen molar-refractivity contribution in [3.8, 4) is 0 Å². The summed E-state index contributed by atoms with van der Waals surface area (Å²) in [6.45, 7) is 5.67. The van der Waals surface area contributed by atoms with Gasteiger partial charge in [0, 0.05) is 0 Å². The zero-order valence-corrected chi connectivity index (χ0v) is 13.6. The van der Waals surface area contributed by atoms with E-state index in [1.807, 2.05) is 6.92 Å². The first-order chi connectivity index (χ1) is 10.7. The minimum Gasteiger partial charge on any atom is -0.364 e. The predicted molar refractivity (Wildman–Crippen MR) is 89.5 cm³/mol. The van der Waals surface area contributed by atoms with Crippen LogP contribution in [0.5, 0.6) is 0 Å². The van der Waals surface area contributed by atoms with Crippen molar-refractivity contribution in [2.45, 2.75) is 64.3 Å². The molecule has 2 aliphatic carbocycles. The maximum atomic E-state index is 10.2. The Balaban J connectivity index is 1.86. The molecule has 1 saturated carbocycles. The van der Waals surface area contributed by atoms with Crippen LogP contribution in [0, 0.1) is 11.8 Å². The van der Waals surface area contributed by atoms with Gasteiger partial charge in [-0.15, -0.1) is 0 Å². The Labute approximate surface area is 134 Å². The number of hydrogen-bond acceptors (Lipinski definition) is 2. The predicted octanol–water partition coefficient (Wildman–Crippen LogP) is 4.78. The van der Waals surface area contributed by atoms with Crippen molar-refractivity contribution in [3.05, 3.63) is 47.5 Å². The summed E-state index contributed by atoms with van der Waals surface area (Å²) in [5, 5.41) is 10.2. The largest absolute Gasteiger partial charge is 0.364 e. The second kappa shape index (κ2) is 6.97. The standard InChI is InChI=1S/C20H28O2/c1-14(2)20(21)22-19-17-11-7-6-10-16(17)12-13-18(19)15-8-4-3-5-9-15/h6-7,10-11,15,18-21H,1,3-5,8-9,12-13H2,2H3. The van der Waals surface area contributed by atoms with E-state index in [4.69, 9.17) is 4.74 Å². The molecule has 0 saturated heterocycles. The lowest BCUT2D eigenvalue weighted by molar-refractivity contribution is -0.144. The molecular formula is C20H28O2. The van der Waals surface area contributed by atoms with Gasteiger partial charge in [-0.2, -0.15) is 0 Å². The minimum absolute atomic E-state index is 0.0137. The van der Waals surface area contributed by atoms with Gasteiger partial charge in [-0.3, -0.25) is 0 Å². The van der Waals surface area contributed by atoms with E-state index in [2.05, 4.69) is 30.8 Å². The Kier molecular flexibility index (Phi) is 5.00. The monoisotopic (exact) mass is 300 g/mol. The van der Waals surface area contributed by atoms with E-state index in [-0.39, 0.29) is 6.10 Å². The van der Waals surface area contributed by atoms with Crippen LogP contribution in [-0.2, 0) is 11.2 Å². The lowest BCUT2D eigenvalue weighted by Crippen LogP contribution is -2.33. The number of aryl methyl sites for hydroxylation is 1. The molecule has 0 amide bonds. The van der Waals surface area contributed by atoms with Gasteiger partial charge in [0.25, 0.3) is 0 Å². The fraction of sp³-hybridized carbons (Fsp3) is 0.600. The molecule has 3 unspecified atom stereocenters. The van der Waals surface area contributed by atoms with Crippen molar-refractivity contribution in [1.29, 1.82) is 0 Å². The quantitative estimate of drug-likeness (QED) is 0.640. The maximum absolute atomic E-state index is 10.2. The van der Waals surface area contributed by atoms with Crippen LogP contribution >= 0.6 is 0 Å². The molecule has 2 heteroatoms. The summed E-state index contributed by atoms with van der Waals surface area (Å²) >= 11 is 0. The van der Waals surface area contributed by atoms with E-state index >= 15 is 0 Å². The average Bonchev–Trinajstić information content (AvgIpc) is 2.55. The highest BCUT2D eigenvalue weighted by atomic mass is 16.6. The van der Waals surface area contributed by atoms with Crippen LogP contribution in [-0.4, -0.2) is 11.4 Å². The Morgan fingerprint density at radius 2 is 1.91 bits per heavy atom. The lowest BCUT2D eigenvalue weighted by atomic mass is 9.70. The summed E-state index contributed by atoms with van der Waals surface area (Å²) in [5.74, 6) is 1.27. The van der Waals surface area contributed by atoms with Gasteiger partial charge in [0.1, 0.15) is 0 Å². The summed E-state index contributed by atoms with van der Waals surface area (Å²) in [7, 11) is 0. The summed E-state index contributed by atoms with van der Waals surface area (Å²) in [4.78, 5) is 0. The molecule has 1 aromatic rings. The van der Waals surface area contributed by atoms with Crippen LogP contribution in [0.2, 0.25) is 0 Å². The van der Waals surface area contributed by atoms with Crippen molar-refractivity contribution in [3.63, 3.8) is 0 Å². The second-order valence-electron chi connectivity index (χ2n) is 7.05. The molecule has 0 heterocycles. The third-order valence-electron chi connectivity index (χ3n) is 5.45. The lowest BCUT2D eigenvalue weighted by Gasteiger charge is -2.40. The third kappa shape index (κ3) is 3.28. The van der Waals surface area contributed by atoms with Crippen LogP contribution in [0.4, 0.5) is 0 Å². The van der Waals surface area contributed by atoms with Crippen molar-refractivity contribution in [1.82, 2.24) is 0 Å². The highest BCUT2D eigenvalue weighted by molar-refractivity contribution is 5.32.